The molecule has 0 aliphatic heterocycles. The zero-order chi connectivity index (χ0) is 11.5. The molecule has 1 aromatic heterocycles. The lowest BCUT2D eigenvalue weighted by Crippen LogP contribution is -2.18. The molecular weight excluding hydrogens is 200 g/mol. The summed E-state index contributed by atoms with van der Waals surface area (Å²) in [6.07, 6.45) is 0. The number of pyridine rings is 1. The highest BCUT2D eigenvalue weighted by molar-refractivity contribution is 5.92. The molecule has 0 bridgehead atoms. The van der Waals surface area contributed by atoms with Crippen molar-refractivity contribution in [3.8, 4) is 0 Å². The second kappa shape index (κ2) is 4.49. The monoisotopic (exact) mass is 216 g/mol. The van der Waals surface area contributed by atoms with Crippen LogP contribution in [0.15, 0.2) is 30.3 Å². The predicted molar refractivity (Wildman–Crippen MR) is 66.6 cm³/mol. The number of hydrogen-bond donors (Lipinski definition) is 1. The zero-order valence-corrected chi connectivity index (χ0v) is 9.64. The van der Waals surface area contributed by atoms with Crippen LogP contribution in [0.4, 0.5) is 5.82 Å². The molecule has 2 aromatic rings. The molecule has 0 atom stereocenters. The van der Waals surface area contributed by atoms with Gasteiger partial charge < -0.3 is 10.0 Å². The topological polar surface area (TPSA) is 36.4 Å². The number of fused-ring (bicyclic) bond motifs is 1. The summed E-state index contributed by atoms with van der Waals surface area (Å²) in [5, 5.41) is 11.4. The van der Waals surface area contributed by atoms with E-state index in [1.165, 1.54) is 0 Å². The Hall–Kier alpha value is -1.61. The lowest BCUT2D eigenvalue weighted by atomic mass is 10.1. The number of anilines is 1. The molecule has 0 radical (unpaired) electrons. The summed E-state index contributed by atoms with van der Waals surface area (Å²) < 4.78 is 0. The third-order valence-corrected chi connectivity index (χ3v) is 2.77. The van der Waals surface area contributed by atoms with Crippen molar-refractivity contribution in [3.63, 3.8) is 0 Å². The molecule has 0 amide bonds. The normalized spacial score (nSPS) is 10.7. The van der Waals surface area contributed by atoms with Gasteiger partial charge in [-0.05, 0) is 18.4 Å². The molecule has 0 spiro atoms. The highest BCUT2D eigenvalue weighted by Gasteiger charge is 2.08. The number of aliphatic hydroxyl groups excluding tert-OH is 1. The molecule has 0 unspecified atom stereocenters. The zero-order valence-electron chi connectivity index (χ0n) is 9.64. The van der Waals surface area contributed by atoms with Crippen molar-refractivity contribution in [2.75, 3.05) is 18.5 Å². The Kier molecular flexibility index (Phi) is 3.06. The van der Waals surface area contributed by atoms with Crippen LogP contribution in [0.1, 0.15) is 12.6 Å². The van der Waals surface area contributed by atoms with Gasteiger partial charge in [0.2, 0.25) is 0 Å². The maximum Gasteiger partial charge on any atom is 0.136 e. The van der Waals surface area contributed by atoms with Gasteiger partial charge >= 0.3 is 0 Å². The van der Waals surface area contributed by atoms with Crippen molar-refractivity contribution in [2.45, 2.75) is 13.5 Å². The fraction of sp³-hybridized carbons (Fsp3) is 0.308. The molecule has 0 aliphatic rings. The molecule has 16 heavy (non-hydrogen) atoms. The van der Waals surface area contributed by atoms with Crippen LogP contribution in [0.5, 0.6) is 0 Å². The van der Waals surface area contributed by atoms with E-state index in [4.69, 9.17) is 0 Å². The van der Waals surface area contributed by atoms with Crippen LogP contribution in [-0.4, -0.2) is 23.7 Å². The molecule has 1 aromatic carbocycles. The fourth-order valence-electron chi connectivity index (χ4n) is 1.76. The van der Waals surface area contributed by atoms with E-state index in [0.29, 0.717) is 5.69 Å². The number of hydrogen-bond acceptors (Lipinski definition) is 3. The van der Waals surface area contributed by atoms with Crippen molar-refractivity contribution < 1.29 is 5.11 Å². The van der Waals surface area contributed by atoms with Crippen molar-refractivity contribution >= 4 is 16.6 Å². The lowest BCUT2D eigenvalue weighted by Gasteiger charge is -2.18. The van der Waals surface area contributed by atoms with E-state index in [2.05, 4.69) is 22.9 Å². The molecular formula is C13H16N2O. The van der Waals surface area contributed by atoms with Crippen LogP contribution in [0.2, 0.25) is 0 Å². The molecule has 0 saturated heterocycles. The number of rotatable bonds is 3. The second-order valence-corrected chi connectivity index (χ2v) is 3.83. The highest BCUT2D eigenvalue weighted by atomic mass is 16.3. The van der Waals surface area contributed by atoms with Gasteiger partial charge in [0.1, 0.15) is 5.82 Å². The van der Waals surface area contributed by atoms with E-state index in [-0.39, 0.29) is 6.61 Å². The predicted octanol–water partition coefficient (Wildman–Crippen LogP) is 2.18. The Labute approximate surface area is 95.3 Å². The van der Waals surface area contributed by atoms with Gasteiger partial charge in [-0.1, -0.05) is 24.3 Å². The van der Waals surface area contributed by atoms with Gasteiger partial charge in [-0.15, -0.1) is 0 Å². The molecule has 0 saturated carbocycles. The third kappa shape index (κ3) is 1.86. The third-order valence-electron chi connectivity index (χ3n) is 2.77. The van der Waals surface area contributed by atoms with Crippen molar-refractivity contribution in [3.05, 3.63) is 36.0 Å². The summed E-state index contributed by atoms with van der Waals surface area (Å²) in [7, 11) is 2.01. The largest absolute Gasteiger partial charge is 0.390 e. The maximum atomic E-state index is 9.19. The summed E-state index contributed by atoms with van der Waals surface area (Å²) in [4.78, 5) is 6.55. The molecule has 0 fully saturated rings. The fourth-order valence-corrected chi connectivity index (χ4v) is 1.76. The first-order valence-corrected chi connectivity index (χ1v) is 5.47. The van der Waals surface area contributed by atoms with Crippen LogP contribution in [0, 0.1) is 0 Å². The minimum Gasteiger partial charge on any atom is -0.390 e. The van der Waals surface area contributed by atoms with Gasteiger partial charge in [0.05, 0.1) is 12.3 Å². The van der Waals surface area contributed by atoms with E-state index in [1.54, 1.807) is 0 Å². The first-order chi connectivity index (χ1) is 7.76. The molecule has 3 nitrogen and oxygen atoms in total. The van der Waals surface area contributed by atoms with Crippen molar-refractivity contribution in [1.29, 1.82) is 0 Å². The quantitative estimate of drug-likeness (QED) is 0.854. The van der Waals surface area contributed by atoms with Crippen LogP contribution in [0.3, 0.4) is 0 Å². The average Bonchev–Trinajstić information content (AvgIpc) is 2.36. The smallest absolute Gasteiger partial charge is 0.136 e. The molecule has 1 heterocycles. The lowest BCUT2D eigenvalue weighted by molar-refractivity contribution is 0.277. The van der Waals surface area contributed by atoms with Gasteiger partial charge in [0.15, 0.2) is 0 Å². The number of aromatic nitrogens is 1. The first-order valence-electron chi connectivity index (χ1n) is 5.47. The summed E-state index contributed by atoms with van der Waals surface area (Å²) in [6, 6.07) is 10.0. The minimum absolute atomic E-state index is 0.0185. The number of benzene rings is 1. The van der Waals surface area contributed by atoms with Crippen LogP contribution in [-0.2, 0) is 6.61 Å². The van der Waals surface area contributed by atoms with Crippen LogP contribution in [0.25, 0.3) is 10.8 Å². The summed E-state index contributed by atoms with van der Waals surface area (Å²) in [6.45, 7) is 2.96. The first kappa shape index (κ1) is 10.9. The Morgan fingerprint density at radius 2 is 2.06 bits per heavy atom. The number of aliphatic hydroxyl groups is 1. The molecule has 1 N–H and O–H groups in total. The van der Waals surface area contributed by atoms with Crippen molar-refractivity contribution in [1.82, 2.24) is 4.98 Å². The van der Waals surface area contributed by atoms with Crippen LogP contribution < -0.4 is 4.90 Å². The Bertz CT molecular complexity index is 496. The molecule has 3 heteroatoms. The van der Waals surface area contributed by atoms with Gasteiger partial charge in [-0.2, -0.15) is 0 Å². The maximum absolute atomic E-state index is 9.19. The average molecular weight is 216 g/mol. The van der Waals surface area contributed by atoms with E-state index in [1.807, 2.05) is 31.3 Å². The standard InChI is InChI=1S/C13H16N2O/c1-3-15(2)13-12-7-5-4-6-10(12)8-11(9-16)14-13/h4-8,16H,3,9H2,1-2H3. The molecule has 0 aliphatic carbocycles. The Balaban J connectivity index is 2.68. The summed E-state index contributed by atoms with van der Waals surface area (Å²) in [5.41, 5.74) is 0.717. The van der Waals surface area contributed by atoms with E-state index in [0.717, 1.165) is 23.1 Å². The molecule has 2 rings (SSSR count). The van der Waals surface area contributed by atoms with E-state index >= 15 is 0 Å². The van der Waals surface area contributed by atoms with Gasteiger partial charge in [0, 0.05) is 19.0 Å². The van der Waals surface area contributed by atoms with Gasteiger partial charge in [-0.3, -0.25) is 0 Å². The van der Waals surface area contributed by atoms with Gasteiger partial charge in [-0.25, -0.2) is 4.98 Å². The Morgan fingerprint density at radius 1 is 1.31 bits per heavy atom. The SMILES string of the molecule is CCN(C)c1nc(CO)cc2ccccc12. The van der Waals surface area contributed by atoms with Gasteiger partial charge in [0.25, 0.3) is 0 Å². The molecule has 84 valence electrons. The van der Waals surface area contributed by atoms with E-state index in [9.17, 15) is 5.11 Å². The Morgan fingerprint density at radius 3 is 2.75 bits per heavy atom. The summed E-state index contributed by atoms with van der Waals surface area (Å²) >= 11 is 0. The highest BCUT2D eigenvalue weighted by Crippen LogP contribution is 2.24. The van der Waals surface area contributed by atoms with Crippen LogP contribution >= 0.6 is 0 Å². The second-order valence-electron chi connectivity index (χ2n) is 3.83. The van der Waals surface area contributed by atoms with Crippen molar-refractivity contribution in [2.24, 2.45) is 0 Å². The number of nitrogens with zero attached hydrogens (tertiary/aromatic N) is 2. The summed E-state index contributed by atoms with van der Waals surface area (Å²) in [5.74, 6) is 0.935. The minimum atomic E-state index is -0.0185. The van der Waals surface area contributed by atoms with E-state index < -0.39 is 0 Å².